The number of hydrogen-bond donors (Lipinski definition) is 2. The highest BCUT2D eigenvalue weighted by molar-refractivity contribution is 5.99. The van der Waals surface area contributed by atoms with Crippen LogP contribution in [-0.2, 0) is 13.0 Å². The van der Waals surface area contributed by atoms with Gasteiger partial charge in [0.05, 0.1) is 19.0 Å². The Morgan fingerprint density at radius 1 is 0.921 bits per heavy atom. The third kappa shape index (κ3) is 6.41. The van der Waals surface area contributed by atoms with Crippen molar-refractivity contribution in [1.82, 2.24) is 15.3 Å². The van der Waals surface area contributed by atoms with Crippen molar-refractivity contribution in [3.8, 4) is 17.2 Å². The number of nitrogens with one attached hydrogen (secondary N) is 1. The van der Waals surface area contributed by atoms with Crippen LogP contribution >= 0.6 is 0 Å². The Kier molecular flexibility index (Phi) is 8.79. The van der Waals surface area contributed by atoms with E-state index in [1.807, 2.05) is 25.1 Å². The highest BCUT2D eigenvalue weighted by atomic mass is 16.5. The number of hydrogen-bond acceptors (Lipinski definition) is 7. The molecule has 0 aliphatic rings. The third-order valence-electron chi connectivity index (χ3n) is 5.86. The van der Waals surface area contributed by atoms with Crippen molar-refractivity contribution in [2.75, 3.05) is 7.11 Å². The fraction of sp³-hybridized carbons (Fsp3) is 0.200. The SMILES string of the molecule is CCCc1nc(C(=O)NCc2ccc(C(=O)C(O)c3ccccc3)cc2)ncc1Oc1ccccc1OC. The number of para-hydroxylation sites is 2. The van der Waals surface area contributed by atoms with Crippen LogP contribution in [0.3, 0.4) is 0 Å². The van der Waals surface area contributed by atoms with Crippen molar-refractivity contribution in [2.24, 2.45) is 0 Å². The number of ketones is 1. The number of aliphatic hydroxyl groups excluding tert-OH is 1. The van der Waals surface area contributed by atoms with Gasteiger partial charge in [0.1, 0.15) is 6.10 Å². The molecule has 8 nitrogen and oxygen atoms in total. The fourth-order valence-corrected chi connectivity index (χ4v) is 3.83. The summed E-state index contributed by atoms with van der Waals surface area (Å²) in [5.74, 6) is 0.805. The first-order valence-corrected chi connectivity index (χ1v) is 12.3. The van der Waals surface area contributed by atoms with Gasteiger partial charge in [-0.15, -0.1) is 0 Å². The Morgan fingerprint density at radius 3 is 2.29 bits per heavy atom. The molecule has 1 heterocycles. The molecule has 38 heavy (non-hydrogen) atoms. The molecule has 0 aliphatic heterocycles. The number of carbonyl (C=O) groups excluding carboxylic acids is 2. The van der Waals surface area contributed by atoms with Crippen LogP contribution in [0.4, 0.5) is 0 Å². The van der Waals surface area contributed by atoms with Crippen molar-refractivity contribution in [3.63, 3.8) is 0 Å². The van der Waals surface area contributed by atoms with E-state index in [1.54, 1.807) is 67.8 Å². The molecular formula is C30H29N3O5. The van der Waals surface area contributed by atoms with E-state index in [-0.39, 0.29) is 18.2 Å². The zero-order chi connectivity index (χ0) is 26.9. The molecule has 0 radical (unpaired) electrons. The minimum absolute atomic E-state index is 0.0404. The Morgan fingerprint density at radius 2 is 1.61 bits per heavy atom. The molecule has 1 atom stereocenters. The number of aliphatic hydroxyl groups is 1. The standard InChI is InChI=1S/C30H29N3O5/c1-3-9-23-26(38-25-13-8-7-12-24(25)37-2)19-31-29(33-23)30(36)32-18-20-14-16-22(17-15-20)28(35)27(34)21-10-5-4-6-11-21/h4-8,10-17,19,27,34H,3,9,18H2,1-2H3,(H,32,36). The number of nitrogens with zero attached hydrogens (tertiary/aromatic N) is 2. The number of rotatable bonds is 11. The molecular weight excluding hydrogens is 482 g/mol. The molecule has 0 aliphatic carbocycles. The maximum atomic E-state index is 12.8. The van der Waals surface area contributed by atoms with Crippen molar-refractivity contribution in [3.05, 3.63) is 113 Å². The Bertz CT molecular complexity index is 1390. The molecule has 1 amide bonds. The second kappa shape index (κ2) is 12.6. The molecule has 4 rings (SSSR count). The van der Waals surface area contributed by atoms with E-state index in [0.29, 0.717) is 40.5 Å². The number of ether oxygens (including phenoxy) is 2. The van der Waals surface area contributed by atoms with Crippen LogP contribution < -0.4 is 14.8 Å². The maximum Gasteiger partial charge on any atom is 0.289 e. The molecule has 2 N–H and O–H groups in total. The number of benzene rings is 3. The topological polar surface area (TPSA) is 111 Å². The summed E-state index contributed by atoms with van der Waals surface area (Å²) in [6.07, 6.45) is 1.69. The van der Waals surface area contributed by atoms with Crippen LogP contribution in [0, 0.1) is 0 Å². The molecule has 1 aromatic heterocycles. The van der Waals surface area contributed by atoms with E-state index in [1.165, 1.54) is 6.20 Å². The first-order valence-electron chi connectivity index (χ1n) is 12.3. The minimum atomic E-state index is -1.23. The first kappa shape index (κ1) is 26.5. The van der Waals surface area contributed by atoms with Crippen molar-refractivity contribution in [2.45, 2.75) is 32.4 Å². The number of carbonyl (C=O) groups is 2. The lowest BCUT2D eigenvalue weighted by molar-refractivity contribution is 0.0747. The fourth-order valence-electron chi connectivity index (χ4n) is 3.83. The lowest BCUT2D eigenvalue weighted by Gasteiger charge is -2.13. The Labute approximate surface area is 221 Å². The summed E-state index contributed by atoms with van der Waals surface area (Å²) in [5.41, 5.74) is 2.33. The van der Waals surface area contributed by atoms with Crippen molar-refractivity contribution >= 4 is 11.7 Å². The lowest BCUT2D eigenvalue weighted by atomic mass is 9.99. The predicted octanol–water partition coefficient (Wildman–Crippen LogP) is 5.08. The summed E-state index contributed by atoms with van der Waals surface area (Å²) in [6.45, 7) is 2.24. The number of methoxy groups -OCH3 is 1. The molecule has 0 spiro atoms. The van der Waals surface area contributed by atoms with Crippen molar-refractivity contribution < 1.29 is 24.2 Å². The summed E-state index contributed by atoms with van der Waals surface area (Å²) in [5, 5.41) is 13.2. The zero-order valence-corrected chi connectivity index (χ0v) is 21.3. The van der Waals surface area contributed by atoms with Crippen LogP contribution in [-0.4, -0.2) is 33.9 Å². The van der Waals surface area contributed by atoms with Gasteiger partial charge in [-0.1, -0.05) is 80.1 Å². The molecule has 0 bridgehead atoms. The number of amides is 1. The van der Waals surface area contributed by atoms with Gasteiger partial charge in [-0.3, -0.25) is 9.59 Å². The van der Waals surface area contributed by atoms with Crippen LogP contribution in [0.5, 0.6) is 17.2 Å². The summed E-state index contributed by atoms with van der Waals surface area (Å²) >= 11 is 0. The maximum absolute atomic E-state index is 12.8. The van der Waals surface area contributed by atoms with Gasteiger partial charge in [0.2, 0.25) is 5.82 Å². The van der Waals surface area contributed by atoms with E-state index in [9.17, 15) is 14.7 Å². The number of Topliss-reactive ketones (excluding diaryl/α,β-unsaturated/α-hetero) is 1. The van der Waals surface area contributed by atoms with Gasteiger partial charge in [0.25, 0.3) is 5.91 Å². The third-order valence-corrected chi connectivity index (χ3v) is 5.86. The van der Waals surface area contributed by atoms with Gasteiger partial charge < -0.3 is 19.9 Å². The van der Waals surface area contributed by atoms with E-state index in [0.717, 1.165) is 12.0 Å². The second-order valence-electron chi connectivity index (χ2n) is 8.56. The van der Waals surface area contributed by atoms with E-state index in [2.05, 4.69) is 15.3 Å². The van der Waals surface area contributed by atoms with Gasteiger partial charge in [0, 0.05) is 12.1 Å². The normalized spacial score (nSPS) is 11.4. The van der Waals surface area contributed by atoms with Crippen LogP contribution in [0.2, 0.25) is 0 Å². The lowest BCUT2D eigenvalue weighted by Crippen LogP contribution is -2.25. The van der Waals surface area contributed by atoms with E-state index < -0.39 is 12.0 Å². The molecule has 3 aromatic carbocycles. The molecule has 194 valence electrons. The minimum Gasteiger partial charge on any atom is -0.493 e. The Balaban J connectivity index is 1.40. The summed E-state index contributed by atoms with van der Waals surface area (Å²) in [6, 6.07) is 22.8. The van der Waals surface area contributed by atoms with E-state index in [4.69, 9.17) is 9.47 Å². The van der Waals surface area contributed by atoms with Gasteiger partial charge in [-0.2, -0.15) is 0 Å². The predicted molar refractivity (Wildman–Crippen MR) is 142 cm³/mol. The molecule has 1 unspecified atom stereocenters. The van der Waals surface area contributed by atoms with Crippen LogP contribution in [0.25, 0.3) is 0 Å². The molecule has 0 fully saturated rings. The summed E-state index contributed by atoms with van der Waals surface area (Å²) < 4.78 is 11.3. The second-order valence-corrected chi connectivity index (χ2v) is 8.56. The molecule has 0 saturated carbocycles. The highest BCUT2D eigenvalue weighted by Crippen LogP contribution is 2.32. The summed E-state index contributed by atoms with van der Waals surface area (Å²) in [4.78, 5) is 34.1. The first-order chi connectivity index (χ1) is 18.5. The van der Waals surface area contributed by atoms with Crippen LogP contribution in [0.15, 0.2) is 85.1 Å². The molecule has 4 aromatic rings. The Hall–Kier alpha value is -4.56. The average molecular weight is 512 g/mol. The van der Waals surface area contributed by atoms with Gasteiger partial charge in [-0.05, 0) is 29.7 Å². The number of aryl methyl sites for hydroxylation is 1. The van der Waals surface area contributed by atoms with Gasteiger partial charge in [-0.25, -0.2) is 9.97 Å². The number of aromatic nitrogens is 2. The summed E-state index contributed by atoms with van der Waals surface area (Å²) in [7, 11) is 1.57. The monoisotopic (exact) mass is 511 g/mol. The largest absolute Gasteiger partial charge is 0.493 e. The van der Waals surface area contributed by atoms with E-state index >= 15 is 0 Å². The quantitative estimate of drug-likeness (QED) is 0.270. The molecule has 8 heteroatoms. The van der Waals surface area contributed by atoms with Crippen molar-refractivity contribution in [1.29, 1.82) is 0 Å². The van der Waals surface area contributed by atoms with Gasteiger partial charge in [0.15, 0.2) is 23.0 Å². The average Bonchev–Trinajstić information content (AvgIpc) is 2.97. The van der Waals surface area contributed by atoms with Gasteiger partial charge >= 0.3 is 0 Å². The zero-order valence-electron chi connectivity index (χ0n) is 21.3. The van der Waals surface area contributed by atoms with Crippen LogP contribution in [0.1, 0.15) is 57.2 Å². The smallest absolute Gasteiger partial charge is 0.289 e. The highest BCUT2D eigenvalue weighted by Gasteiger charge is 2.19. The molecule has 0 saturated heterocycles.